The first-order chi connectivity index (χ1) is 9.69. The van der Waals surface area contributed by atoms with Gasteiger partial charge in [0, 0.05) is 45.2 Å². The number of rotatable bonds is 7. The minimum atomic E-state index is -0.368. The van der Waals surface area contributed by atoms with E-state index < -0.39 is 0 Å². The maximum Gasteiger partial charge on any atom is 0.0900 e. The molecule has 0 aliphatic carbocycles. The quantitative estimate of drug-likeness (QED) is 0.768. The fourth-order valence-electron chi connectivity index (χ4n) is 2.79. The van der Waals surface area contributed by atoms with Crippen molar-refractivity contribution in [3.8, 4) is 0 Å². The van der Waals surface area contributed by atoms with Gasteiger partial charge in [-0.05, 0) is 38.1 Å². The molecule has 1 saturated heterocycles. The van der Waals surface area contributed by atoms with Crippen LogP contribution in [0.25, 0.3) is 0 Å². The lowest BCUT2D eigenvalue weighted by molar-refractivity contribution is 0.0310. The monoisotopic (exact) mass is 281 g/mol. The van der Waals surface area contributed by atoms with Crippen molar-refractivity contribution in [2.24, 2.45) is 7.05 Å². The van der Waals surface area contributed by atoms with Gasteiger partial charge in [-0.1, -0.05) is 0 Å². The highest BCUT2D eigenvalue weighted by Gasteiger charge is 2.20. The van der Waals surface area contributed by atoms with Crippen LogP contribution in [0.1, 0.15) is 18.5 Å². The normalized spacial score (nSPS) is 19.4. The zero-order valence-electron chi connectivity index (χ0n) is 12.6. The number of hydrogen-bond acceptors (Lipinski definition) is 4. The third-order valence-corrected chi connectivity index (χ3v) is 4.04. The minimum absolute atomic E-state index is 0.368. The molecule has 0 bridgehead atoms. The Morgan fingerprint density at radius 2 is 2.20 bits per heavy atom. The van der Waals surface area contributed by atoms with Gasteiger partial charge in [-0.3, -0.25) is 0 Å². The van der Waals surface area contributed by atoms with Crippen molar-refractivity contribution in [1.82, 2.24) is 14.8 Å². The smallest absolute Gasteiger partial charge is 0.0900 e. The molecule has 1 aromatic rings. The van der Waals surface area contributed by atoms with Gasteiger partial charge in [0.05, 0.1) is 12.7 Å². The molecule has 1 aliphatic rings. The zero-order chi connectivity index (χ0) is 14.4. The van der Waals surface area contributed by atoms with Crippen LogP contribution in [0.4, 0.5) is 0 Å². The van der Waals surface area contributed by atoms with Crippen LogP contribution >= 0.6 is 0 Å². The average molecular weight is 281 g/mol. The topological polar surface area (TPSA) is 49.7 Å². The maximum absolute atomic E-state index is 9.74. The van der Waals surface area contributed by atoms with Crippen LogP contribution in [-0.4, -0.2) is 60.1 Å². The first-order valence-electron chi connectivity index (χ1n) is 7.42. The number of hydrogen-bond donors (Lipinski definition) is 2. The molecule has 1 unspecified atom stereocenters. The van der Waals surface area contributed by atoms with E-state index in [1.54, 1.807) is 7.11 Å². The molecular weight excluding hydrogens is 254 g/mol. The third kappa shape index (κ3) is 4.59. The van der Waals surface area contributed by atoms with Crippen molar-refractivity contribution >= 4 is 0 Å². The lowest BCUT2D eigenvalue weighted by Crippen LogP contribution is -2.45. The van der Waals surface area contributed by atoms with E-state index in [0.29, 0.717) is 12.6 Å². The van der Waals surface area contributed by atoms with Crippen molar-refractivity contribution in [1.29, 1.82) is 0 Å². The number of methoxy groups -OCH3 is 1. The molecule has 1 aliphatic heterocycles. The molecule has 0 spiro atoms. The lowest BCUT2D eigenvalue weighted by atomic mass is 10.0. The predicted molar refractivity (Wildman–Crippen MR) is 79.6 cm³/mol. The van der Waals surface area contributed by atoms with Crippen molar-refractivity contribution in [2.75, 3.05) is 33.4 Å². The zero-order valence-corrected chi connectivity index (χ0v) is 12.6. The van der Waals surface area contributed by atoms with E-state index in [-0.39, 0.29) is 6.10 Å². The van der Waals surface area contributed by atoms with E-state index in [0.717, 1.165) is 39.0 Å². The largest absolute Gasteiger partial charge is 0.389 e. The van der Waals surface area contributed by atoms with Gasteiger partial charge in [0.15, 0.2) is 0 Å². The summed E-state index contributed by atoms with van der Waals surface area (Å²) in [6.07, 6.45) is 4.00. The summed E-state index contributed by atoms with van der Waals surface area (Å²) in [6.45, 7) is 4.17. The number of aliphatic hydroxyl groups is 1. The number of nitrogens with zero attached hydrogens (tertiary/aromatic N) is 2. The van der Waals surface area contributed by atoms with Crippen LogP contribution in [0.5, 0.6) is 0 Å². The molecule has 5 nitrogen and oxygen atoms in total. The average Bonchev–Trinajstić information content (AvgIpc) is 2.84. The number of aliphatic hydroxyl groups excluding tert-OH is 1. The number of ether oxygens (including phenoxy) is 1. The molecule has 0 amide bonds. The molecular formula is C15H27N3O2. The van der Waals surface area contributed by atoms with Crippen LogP contribution in [0, 0.1) is 0 Å². The summed E-state index contributed by atoms with van der Waals surface area (Å²) in [5, 5.41) is 13.4. The van der Waals surface area contributed by atoms with Gasteiger partial charge in [0.2, 0.25) is 0 Å². The number of aryl methyl sites for hydroxylation is 1. The Bertz CT molecular complexity index is 386. The van der Waals surface area contributed by atoms with Crippen LogP contribution in [0.15, 0.2) is 18.3 Å². The predicted octanol–water partition coefficient (Wildman–Crippen LogP) is 0.586. The number of aromatic nitrogens is 1. The molecule has 1 aromatic heterocycles. The number of piperidine rings is 1. The van der Waals surface area contributed by atoms with Gasteiger partial charge >= 0.3 is 0 Å². The highest BCUT2D eigenvalue weighted by atomic mass is 16.5. The third-order valence-electron chi connectivity index (χ3n) is 4.04. The van der Waals surface area contributed by atoms with Gasteiger partial charge in [-0.2, -0.15) is 0 Å². The Morgan fingerprint density at radius 3 is 2.80 bits per heavy atom. The van der Waals surface area contributed by atoms with E-state index in [2.05, 4.69) is 40.2 Å². The van der Waals surface area contributed by atoms with Gasteiger partial charge < -0.3 is 24.6 Å². The first-order valence-corrected chi connectivity index (χ1v) is 7.42. The Hall–Kier alpha value is -0.880. The number of likely N-dealkylation sites (tertiary alicyclic amines) is 1. The standard InChI is InChI=1S/C15H27N3O2/c1-17-7-3-4-14(17)10-16-13-5-8-18(9-6-13)11-15(19)12-20-2/h3-4,7,13,15-16,19H,5-6,8-12H2,1-2H3. The van der Waals surface area contributed by atoms with E-state index in [9.17, 15) is 5.11 Å². The SMILES string of the molecule is COCC(O)CN1CCC(NCc2cccn2C)CC1. The van der Waals surface area contributed by atoms with Crippen molar-refractivity contribution in [3.63, 3.8) is 0 Å². The van der Waals surface area contributed by atoms with E-state index in [4.69, 9.17) is 4.74 Å². The van der Waals surface area contributed by atoms with Crippen molar-refractivity contribution < 1.29 is 9.84 Å². The maximum atomic E-state index is 9.74. The summed E-state index contributed by atoms with van der Waals surface area (Å²) in [5.74, 6) is 0. The molecule has 1 atom stereocenters. The molecule has 1 fully saturated rings. The molecule has 114 valence electrons. The summed E-state index contributed by atoms with van der Waals surface area (Å²) < 4.78 is 7.12. The van der Waals surface area contributed by atoms with E-state index >= 15 is 0 Å². The summed E-state index contributed by atoms with van der Waals surface area (Å²) in [5.41, 5.74) is 1.32. The van der Waals surface area contributed by atoms with Crippen LogP contribution in [0.2, 0.25) is 0 Å². The van der Waals surface area contributed by atoms with Gasteiger partial charge in [0.25, 0.3) is 0 Å². The van der Waals surface area contributed by atoms with E-state index in [1.165, 1.54) is 5.69 Å². The van der Waals surface area contributed by atoms with Crippen molar-refractivity contribution in [2.45, 2.75) is 31.5 Å². The Morgan fingerprint density at radius 1 is 1.45 bits per heavy atom. The molecule has 0 radical (unpaired) electrons. The molecule has 2 N–H and O–H groups in total. The highest BCUT2D eigenvalue weighted by molar-refractivity contribution is 5.06. The fourth-order valence-corrected chi connectivity index (χ4v) is 2.79. The second-order valence-corrected chi connectivity index (χ2v) is 5.68. The van der Waals surface area contributed by atoms with Gasteiger partial charge in [-0.15, -0.1) is 0 Å². The van der Waals surface area contributed by atoms with Crippen molar-refractivity contribution in [3.05, 3.63) is 24.0 Å². The van der Waals surface area contributed by atoms with Crippen LogP contribution < -0.4 is 5.32 Å². The first kappa shape index (κ1) is 15.5. The molecule has 5 heteroatoms. The Labute approximate surface area is 121 Å². The van der Waals surface area contributed by atoms with Gasteiger partial charge in [-0.25, -0.2) is 0 Å². The number of β-amino-alcohol motifs (C(OH)–C–C–N with tert-alkyl or cyclic N) is 1. The van der Waals surface area contributed by atoms with Crippen LogP contribution in [0.3, 0.4) is 0 Å². The molecule has 2 heterocycles. The summed E-state index contributed by atoms with van der Waals surface area (Å²) >= 11 is 0. The van der Waals surface area contributed by atoms with Gasteiger partial charge in [0.1, 0.15) is 0 Å². The summed E-state index contributed by atoms with van der Waals surface area (Å²) in [7, 11) is 3.71. The highest BCUT2D eigenvalue weighted by Crippen LogP contribution is 2.12. The second-order valence-electron chi connectivity index (χ2n) is 5.68. The minimum Gasteiger partial charge on any atom is -0.389 e. The van der Waals surface area contributed by atoms with E-state index in [1.807, 2.05) is 0 Å². The lowest BCUT2D eigenvalue weighted by Gasteiger charge is -2.33. The number of nitrogens with one attached hydrogen (secondary N) is 1. The molecule has 0 saturated carbocycles. The Kier molecular flexibility index (Phi) is 6.04. The van der Waals surface area contributed by atoms with Crippen LogP contribution in [-0.2, 0) is 18.3 Å². The summed E-state index contributed by atoms with van der Waals surface area (Å²) in [6, 6.07) is 4.82. The molecule has 0 aromatic carbocycles. The Balaban J connectivity index is 1.65. The molecule has 2 rings (SSSR count). The fraction of sp³-hybridized carbons (Fsp3) is 0.733. The second kappa shape index (κ2) is 7.78. The summed E-state index contributed by atoms with van der Waals surface area (Å²) in [4.78, 5) is 2.32. The molecule has 20 heavy (non-hydrogen) atoms.